The third-order valence-electron chi connectivity index (χ3n) is 5.04. The lowest BCUT2D eigenvalue weighted by atomic mass is 9.93. The van der Waals surface area contributed by atoms with Crippen molar-refractivity contribution in [3.05, 3.63) is 23.0 Å². The number of carbonyl (C=O) groups is 1. The highest BCUT2D eigenvalue weighted by Crippen LogP contribution is 2.30. The Bertz CT molecular complexity index is 514. The fourth-order valence-electron chi connectivity index (χ4n) is 3.82. The average molecular weight is 289 g/mol. The molecular weight excluding hydrogens is 262 g/mol. The van der Waals surface area contributed by atoms with Gasteiger partial charge in [0, 0.05) is 43.5 Å². The van der Waals surface area contributed by atoms with E-state index in [2.05, 4.69) is 17.6 Å². The molecule has 1 atom stereocenters. The van der Waals surface area contributed by atoms with Crippen LogP contribution in [0.3, 0.4) is 0 Å². The average Bonchev–Trinajstić information content (AvgIpc) is 2.83. The molecule has 1 aliphatic carbocycles. The van der Waals surface area contributed by atoms with Gasteiger partial charge in [-0.05, 0) is 57.1 Å². The van der Waals surface area contributed by atoms with Crippen LogP contribution in [0.1, 0.15) is 61.5 Å². The van der Waals surface area contributed by atoms with Crippen molar-refractivity contribution in [2.75, 3.05) is 13.1 Å². The normalized spacial score (nSPS) is 22.2. The number of carbonyl (C=O) groups excluding carboxylic acids is 1. The van der Waals surface area contributed by atoms with E-state index in [1.165, 1.54) is 36.2 Å². The second kappa shape index (κ2) is 6.22. The van der Waals surface area contributed by atoms with Gasteiger partial charge in [-0.1, -0.05) is 0 Å². The number of piperidine rings is 1. The van der Waals surface area contributed by atoms with Gasteiger partial charge in [-0.3, -0.25) is 4.79 Å². The van der Waals surface area contributed by atoms with E-state index in [1.807, 2.05) is 4.90 Å². The summed E-state index contributed by atoms with van der Waals surface area (Å²) in [6.45, 7) is 4.85. The SMILES string of the molecule is Cc1cc2c(n1CCC(=O)N1CCCCC1)CCCC2N. The Morgan fingerprint density at radius 3 is 2.81 bits per heavy atom. The molecule has 0 radical (unpaired) electrons. The van der Waals surface area contributed by atoms with Crippen molar-refractivity contribution in [1.82, 2.24) is 9.47 Å². The maximum Gasteiger partial charge on any atom is 0.224 e. The van der Waals surface area contributed by atoms with E-state index < -0.39 is 0 Å². The molecule has 1 fully saturated rings. The summed E-state index contributed by atoms with van der Waals surface area (Å²) in [6.07, 6.45) is 7.58. The number of hydrogen-bond acceptors (Lipinski definition) is 2. The van der Waals surface area contributed by atoms with Gasteiger partial charge in [0.2, 0.25) is 5.91 Å². The number of nitrogens with zero attached hydrogens (tertiary/aromatic N) is 2. The Morgan fingerprint density at radius 2 is 2.05 bits per heavy atom. The van der Waals surface area contributed by atoms with Crippen molar-refractivity contribution in [2.45, 2.75) is 64.5 Å². The molecule has 0 saturated carbocycles. The van der Waals surface area contributed by atoms with Gasteiger partial charge in [-0.15, -0.1) is 0 Å². The molecule has 1 unspecified atom stereocenters. The Balaban J connectivity index is 1.66. The van der Waals surface area contributed by atoms with Gasteiger partial charge >= 0.3 is 0 Å². The summed E-state index contributed by atoms with van der Waals surface area (Å²) in [7, 11) is 0. The first-order chi connectivity index (χ1) is 10.2. The molecule has 1 saturated heterocycles. The molecule has 1 aliphatic heterocycles. The van der Waals surface area contributed by atoms with Crippen molar-refractivity contribution in [2.24, 2.45) is 5.73 Å². The number of hydrogen-bond donors (Lipinski definition) is 1. The van der Waals surface area contributed by atoms with E-state index in [9.17, 15) is 4.79 Å². The van der Waals surface area contributed by atoms with E-state index in [1.54, 1.807) is 0 Å². The predicted octanol–water partition coefficient (Wildman–Crippen LogP) is 2.54. The van der Waals surface area contributed by atoms with Crippen LogP contribution in [0.25, 0.3) is 0 Å². The van der Waals surface area contributed by atoms with Crippen LogP contribution >= 0.6 is 0 Å². The molecule has 4 heteroatoms. The van der Waals surface area contributed by atoms with Crippen molar-refractivity contribution in [1.29, 1.82) is 0 Å². The molecule has 1 amide bonds. The van der Waals surface area contributed by atoms with E-state index >= 15 is 0 Å². The number of aryl methyl sites for hydroxylation is 1. The first-order valence-electron chi connectivity index (χ1n) is 8.39. The van der Waals surface area contributed by atoms with E-state index in [4.69, 9.17) is 5.73 Å². The van der Waals surface area contributed by atoms with Gasteiger partial charge in [0.15, 0.2) is 0 Å². The predicted molar refractivity (Wildman–Crippen MR) is 84.1 cm³/mol. The number of nitrogens with two attached hydrogens (primary N) is 1. The third-order valence-corrected chi connectivity index (χ3v) is 5.04. The lowest BCUT2D eigenvalue weighted by Crippen LogP contribution is -2.36. The monoisotopic (exact) mass is 289 g/mol. The maximum absolute atomic E-state index is 12.3. The minimum Gasteiger partial charge on any atom is -0.348 e. The number of fused-ring (bicyclic) bond motifs is 1. The number of amides is 1. The summed E-state index contributed by atoms with van der Waals surface area (Å²) in [5.41, 5.74) is 10.1. The van der Waals surface area contributed by atoms with Crippen LogP contribution in [-0.4, -0.2) is 28.5 Å². The molecule has 0 aromatic carbocycles. The fourth-order valence-corrected chi connectivity index (χ4v) is 3.82. The second-order valence-corrected chi connectivity index (χ2v) is 6.53. The standard InChI is InChI=1S/C17H27N3O/c1-13-12-14-15(18)6-5-7-16(14)20(13)11-8-17(21)19-9-3-2-4-10-19/h12,15H,2-11,18H2,1H3. The zero-order valence-electron chi connectivity index (χ0n) is 13.1. The van der Waals surface area contributed by atoms with Crippen LogP contribution in [0.4, 0.5) is 0 Å². The second-order valence-electron chi connectivity index (χ2n) is 6.53. The molecular formula is C17H27N3O. The van der Waals surface area contributed by atoms with Crippen molar-refractivity contribution in [3.63, 3.8) is 0 Å². The maximum atomic E-state index is 12.3. The van der Waals surface area contributed by atoms with Gasteiger partial charge in [-0.25, -0.2) is 0 Å². The van der Waals surface area contributed by atoms with Crippen molar-refractivity contribution >= 4 is 5.91 Å². The molecule has 3 rings (SSSR count). The first-order valence-corrected chi connectivity index (χ1v) is 8.39. The van der Waals surface area contributed by atoms with Gasteiger partial charge in [-0.2, -0.15) is 0 Å². The highest BCUT2D eigenvalue weighted by atomic mass is 16.2. The third kappa shape index (κ3) is 3.00. The van der Waals surface area contributed by atoms with Crippen LogP contribution < -0.4 is 5.73 Å². The molecule has 2 N–H and O–H groups in total. The summed E-state index contributed by atoms with van der Waals surface area (Å²) in [6, 6.07) is 2.41. The molecule has 1 aromatic heterocycles. The molecule has 1 aromatic rings. The summed E-state index contributed by atoms with van der Waals surface area (Å²) in [5.74, 6) is 0.316. The molecule has 4 nitrogen and oxygen atoms in total. The molecule has 0 spiro atoms. The Kier molecular flexibility index (Phi) is 4.34. The zero-order valence-corrected chi connectivity index (χ0v) is 13.1. The van der Waals surface area contributed by atoms with Crippen LogP contribution in [0.5, 0.6) is 0 Å². The molecule has 2 heterocycles. The van der Waals surface area contributed by atoms with E-state index in [-0.39, 0.29) is 6.04 Å². The lowest BCUT2D eigenvalue weighted by Gasteiger charge is -2.27. The number of likely N-dealkylation sites (tertiary alicyclic amines) is 1. The Hall–Kier alpha value is -1.29. The van der Waals surface area contributed by atoms with Crippen LogP contribution in [0.2, 0.25) is 0 Å². The number of rotatable bonds is 3. The molecule has 116 valence electrons. The summed E-state index contributed by atoms with van der Waals surface area (Å²) < 4.78 is 2.33. The lowest BCUT2D eigenvalue weighted by molar-refractivity contribution is -0.132. The Morgan fingerprint density at radius 1 is 1.29 bits per heavy atom. The smallest absolute Gasteiger partial charge is 0.224 e. The van der Waals surface area contributed by atoms with E-state index in [0.29, 0.717) is 12.3 Å². The Labute approximate surface area is 127 Å². The van der Waals surface area contributed by atoms with Gasteiger partial charge in [0.25, 0.3) is 0 Å². The molecule has 21 heavy (non-hydrogen) atoms. The van der Waals surface area contributed by atoms with Gasteiger partial charge in [0.05, 0.1) is 0 Å². The summed E-state index contributed by atoms with van der Waals surface area (Å²) >= 11 is 0. The van der Waals surface area contributed by atoms with E-state index in [0.717, 1.165) is 38.9 Å². The minimum absolute atomic E-state index is 0.187. The topological polar surface area (TPSA) is 51.3 Å². The zero-order chi connectivity index (χ0) is 14.8. The quantitative estimate of drug-likeness (QED) is 0.929. The van der Waals surface area contributed by atoms with Gasteiger partial charge < -0.3 is 15.2 Å². The minimum atomic E-state index is 0.187. The number of aromatic nitrogens is 1. The van der Waals surface area contributed by atoms with Crippen LogP contribution in [0, 0.1) is 6.92 Å². The fraction of sp³-hybridized carbons (Fsp3) is 0.706. The van der Waals surface area contributed by atoms with Gasteiger partial charge in [0.1, 0.15) is 0 Å². The molecule has 2 aliphatic rings. The molecule has 0 bridgehead atoms. The largest absolute Gasteiger partial charge is 0.348 e. The highest BCUT2D eigenvalue weighted by molar-refractivity contribution is 5.76. The highest BCUT2D eigenvalue weighted by Gasteiger charge is 2.23. The van der Waals surface area contributed by atoms with Crippen molar-refractivity contribution < 1.29 is 4.79 Å². The summed E-state index contributed by atoms with van der Waals surface area (Å²) in [4.78, 5) is 14.4. The van der Waals surface area contributed by atoms with Crippen LogP contribution in [0.15, 0.2) is 6.07 Å². The first kappa shape index (κ1) is 14.6. The van der Waals surface area contributed by atoms with Crippen molar-refractivity contribution in [3.8, 4) is 0 Å². The van der Waals surface area contributed by atoms with Crippen LogP contribution in [-0.2, 0) is 17.8 Å². The summed E-state index contributed by atoms with van der Waals surface area (Å²) in [5, 5.41) is 0.